The molecule has 0 aliphatic rings. The number of rotatable bonds is 2. The molecule has 0 saturated heterocycles. The summed E-state index contributed by atoms with van der Waals surface area (Å²) < 4.78 is 1.44. The van der Waals surface area contributed by atoms with E-state index in [2.05, 4.69) is 20.2 Å². The van der Waals surface area contributed by atoms with E-state index >= 15 is 0 Å². The van der Waals surface area contributed by atoms with E-state index in [1.165, 1.54) is 10.7 Å². The second kappa shape index (κ2) is 4.31. The lowest BCUT2D eigenvalue weighted by Gasteiger charge is -2.05. The second-order valence-electron chi connectivity index (χ2n) is 3.94. The van der Waals surface area contributed by atoms with Crippen molar-refractivity contribution in [3.63, 3.8) is 0 Å². The highest BCUT2D eigenvalue weighted by Gasteiger charge is 2.12. The minimum atomic E-state index is 0.332. The number of imidazole rings is 1. The highest BCUT2D eigenvalue weighted by atomic mass is 15.3. The molecule has 0 aliphatic heterocycles. The quantitative estimate of drug-likeness (QED) is 0.686. The molecule has 92 valence electrons. The fourth-order valence-electron chi connectivity index (χ4n) is 1.79. The van der Waals surface area contributed by atoms with Gasteiger partial charge in [-0.3, -0.25) is 0 Å². The van der Waals surface area contributed by atoms with Gasteiger partial charge >= 0.3 is 0 Å². The van der Waals surface area contributed by atoms with E-state index < -0.39 is 0 Å². The van der Waals surface area contributed by atoms with Gasteiger partial charge in [0, 0.05) is 11.8 Å². The summed E-state index contributed by atoms with van der Waals surface area (Å²) in [5.74, 6) is 0.900. The molecule has 2 heterocycles. The zero-order valence-electron chi connectivity index (χ0n) is 9.91. The number of anilines is 3. The lowest BCUT2D eigenvalue weighted by atomic mass is 10.3. The van der Waals surface area contributed by atoms with Crippen molar-refractivity contribution in [1.29, 1.82) is 0 Å². The van der Waals surface area contributed by atoms with Crippen molar-refractivity contribution >= 4 is 28.7 Å². The van der Waals surface area contributed by atoms with E-state index in [9.17, 15) is 0 Å². The number of aromatic nitrogens is 3. The van der Waals surface area contributed by atoms with E-state index in [-0.39, 0.29) is 0 Å². The summed E-state index contributed by atoms with van der Waals surface area (Å²) in [7, 11) is 0. The Morgan fingerprint density at radius 2 is 2.05 bits per heavy atom. The van der Waals surface area contributed by atoms with Gasteiger partial charge in [0.1, 0.15) is 5.69 Å². The second-order valence-corrected chi connectivity index (χ2v) is 3.94. The van der Waals surface area contributed by atoms with E-state index in [1.54, 1.807) is 6.07 Å². The smallest absolute Gasteiger partial charge is 0.275 e. The molecule has 0 amide bonds. The Hall–Kier alpha value is -3.07. The van der Waals surface area contributed by atoms with Gasteiger partial charge in [-0.2, -0.15) is 0 Å². The van der Waals surface area contributed by atoms with Crippen LogP contribution in [0.4, 0.5) is 23.0 Å². The van der Waals surface area contributed by atoms with Crippen LogP contribution in [-0.2, 0) is 0 Å². The van der Waals surface area contributed by atoms with Gasteiger partial charge in [-0.15, -0.1) is 4.52 Å². The van der Waals surface area contributed by atoms with E-state index in [4.69, 9.17) is 12.3 Å². The van der Waals surface area contributed by atoms with E-state index in [1.807, 2.05) is 30.3 Å². The first kappa shape index (κ1) is 11.0. The van der Waals surface area contributed by atoms with Crippen molar-refractivity contribution < 1.29 is 0 Å². The zero-order valence-corrected chi connectivity index (χ0v) is 9.91. The molecule has 3 N–H and O–H groups in total. The fraction of sp³-hybridized carbons (Fsp3) is 0. The first-order valence-electron chi connectivity index (χ1n) is 5.62. The Bertz CT molecular complexity index is 769. The number of hydrogen-bond donors (Lipinski definition) is 2. The van der Waals surface area contributed by atoms with Crippen LogP contribution >= 0.6 is 0 Å². The molecule has 3 aromatic rings. The molecule has 1 aromatic carbocycles. The summed E-state index contributed by atoms with van der Waals surface area (Å²) in [4.78, 5) is 7.42. The van der Waals surface area contributed by atoms with Gasteiger partial charge in [0.15, 0.2) is 5.82 Å². The molecule has 0 spiro atoms. The maximum atomic E-state index is 7.07. The molecule has 19 heavy (non-hydrogen) atoms. The Labute approximate surface area is 109 Å². The average Bonchev–Trinajstić information content (AvgIpc) is 2.83. The van der Waals surface area contributed by atoms with Crippen LogP contribution in [0, 0.1) is 6.57 Å². The molecule has 2 aromatic heterocycles. The number of nitrogens with zero attached hydrogens (tertiary/aromatic N) is 4. The molecule has 0 saturated carbocycles. The van der Waals surface area contributed by atoms with Gasteiger partial charge in [0.2, 0.25) is 0 Å². The topological polar surface area (TPSA) is 72.6 Å². The molecular formula is C13H10N6. The Morgan fingerprint density at radius 3 is 2.79 bits per heavy atom. The van der Waals surface area contributed by atoms with Gasteiger partial charge in [-0.05, 0) is 12.1 Å². The minimum absolute atomic E-state index is 0.332. The molecule has 6 nitrogen and oxygen atoms in total. The molecule has 0 unspecified atom stereocenters. The van der Waals surface area contributed by atoms with Crippen molar-refractivity contribution in [1.82, 2.24) is 14.6 Å². The van der Waals surface area contributed by atoms with Crippen molar-refractivity contribution in [2.75, 3.05) is 11.1 Å². The summed E-state index contributed by atoms with van der Waals surface area (Å²) in [6.45, 7) is 7.07. The van der Waals surface area contributed by atoms with Crippen LogP contribution in [0.3, 0.4) is 0 Å². The third-order valence-electron chi connectivity index (χ3n) is 2.64. The van der Waals surface area contributed by atoms with Gasteiger partial charge in [-0.1, -0.05) is 29.9 Å². The van der Waals surface area contributed by atoms with Crippen LogP contribution in [0.15, 0.2) is 42.6 Å². The molecule has 6 heteroatoms. The van der Waals surface area contributed by atoms with Crippen molar-refractivity contribution in [3.8, 4) is 0 Å². The summed E-state index contributed by atoms with van der Waals surface area (Å²) in [6, 6.07) is 11.3. The van der Waals surface area contributed by atoms with Crippen LogP contribution in [0.25, 0.3) is 10.5 Å². The Morgan fingerprint density at radius 1 is 1.26 bits per heavy atom. The number of fused-ring (bicyclic) bond motifs is 1. The number of nitrogens with one attached hydrogen (secondary N) is 1. The third kappa shape index (κ3) is 1.93. The number of nitrogens with two attached hydrogens (primary N) is 1. The average molecular weight is 250 g/mol. The first-order chi connectivity index (χ1) is 9.28. The highest BCUT2D eigenvalue weighted by molar-refractivity contribution is 5.72. The summed E-state index contributed by atoms with van der Waals surface area (Å²) in [5, 5.41) is 7.45. The lowest BCUT2D eigenvalue weighted by Crippen LogP contribution is -2.02. The van der Waals surface area contributed by atoms with Gasteiger partial charge < -0.3 is 15.9 Å². The van der Waals surface area contributed by atoms with Crippen LogP contribution in [-0.4, -0.2) is 14.6 Å². The monoisotopic (exact) mass is 250 g/mol. The van der Waals surface area contributed by atoms with Crippen molar-refractivity contribution in [3.05, 3.63) is 54.0 Å². The minimum Gasteiger partial charge on any atom is -0.394 e. The first-order valence-corrected chi connectivity index (χ1v) is 5.62. The summed E-state index contributed by atoms with van der Waals surface area (Å²) >= 11 is 0. The fourth-order valence-corrected chi connectivity index (χ4v) is 1.79. The summed E-state index contributed by atoms with van der Waals surface area (Å²) in [5.41, 5.74) is 7.78. The zero-order chi connectivity index (χ0) is 13.2. The van der Waals surface area contributed by atoms with Crippen molar-refractivity contribution in [2.24, 2.45) is 0 Å². The van der Waals surface area contributed by atoms with Crippen LogP contribution in [0.5, 0.6) is 0 Å². The maximum Gasteiger partial charge on any atom is 0.275 e. The maximum absolute atomic E-state index is 7.07. The molecule has 0 atom stereocenters. The van der Waals surface area contributed by atoms with Crippen LogP contribution in [0.2, 0.25) is 0 Å². The number of nitrogen functional groups attached to an aromatic ring is 1. The molecule has 0 aliphatic carbocycles. The predicted molar refractivity (Wildman–Crippen MR) is 73.4 cm³/mol. The normalized spacial score (nSPS) is 10.3. The number of benzene rings is 1. The van der Waals surface area contributed by atoms with E-state index in [0.717, 1.165) is 5.69 Å². The molecular weight excluding hydrogens is 240 g/mol. The Balaban J connectivity index is 2.08. The molecule has 3 rings (SSSR count). The highest BCUT2D eigenvalue weighted by Crippen LogP contribution is 2.23. The van der Waals surface area contributed by atoms with Gasteiger partial charge in [0.25, 0.3) is 11.5 Å². The standard InChI is InChI=1S/C13H10N6/c1-15-12-8-16-13-10(14)7-11(18-19(12)13)17-9-5-3-2-4-6-9/h2-8H,14H2,(H,17,18). The van der Waals surface area contributed by atoms with Crippen LogP contribution in [0.1, 0.15) is 0 Å². The number of hydrogen-bond acceptors (Lipinski definition) is 4. The third-order valence-corrected chi connectivity index (χ3v) is 2.64. The Kier molecular flexibility index (Phi) is 2.50. The van der Waals surface area contributed by atoms with Crippen molar-refractivity contribution in [2.45, 2.75) is 0 Å². The SMILES string of the molecule is [C-]#[N+]c1cnc2c(N)cc(Nc3ccccc3)nn12. The predicted octanol–water partition coefficient (Wildman–Crippen LogP) is 2.61. The van der Waals surface area contributed by atoms with Crippen LogP contribution < -0.4 is 11.1 Å². The van der Waals surface area contributed by atoms with Gasteiger partial charge in [0.05, 0.1) is 6.20 Å². The van der Waals surface area contributed by atoms with Gasteiger partial charge in [-0.25, -0.2) is 4.98 Å². The largest absolute Gasteiger partial charge is 0.394 e. The molecule has 0 fully saturated rings. The number of para-hydroxylation sites is 1. The molecule has 0 bridgehead atoms. The lowest BCUT2D eigenvalue weighted by molar-refractivity contribution is 0.958. The summed E-state index contributed by atoms with van der Waals surface area (Å²) in [6.07, 6.45) is 1.46. The molecule has 0 radical (unpaired) electrons. The van der Waals surface area contributed by atoms with E-state index in [0.29, 0.717) is 23.0 Å².